The number of hydrogen-bond donors (Lipinski definition) is 1. The van der Waals surface area contributed by atoms with Gasteiger partial charge in [0.15, 0.2) is 0 Å². The molecule has 2 unspecified atom stereocenters. The molecule has 188 valence electrons. The minimum absolute atomic E-state index is 0.137. The van der Waals surface area contributed by atoms with Crippen molar-refractivity contribution < 1.29 is 14.3 Å². The van der Waals surface area contributed by atoms with E-state index in [0.717, 1.165) is 11.1 Å². The van der Waals surface area contributed by atoms with Crippen LogP contribution in [-0.4, -0.2) is 24.2 Å². The van der Waals surface area contributed by atoms with Gasteiger partial charge in [-0.15, -0.1) is 0 Å². The summed E-state index contributed by atoms with van der Waals surface area (Å²) in [7, 11) is 1.55. The molecule has 0 spiro atoms. The maximum absolute atomic E-state index is 13.7. The number of amides is 2. The Kier molecular flexibility index (Phi) is 8.45. The lowest BCUT2D eigenvalue weighted by Crippen LogP contribution is -2.32. The highest BCUT2D eigenvalue weighted by Crippen LogP contribution is 2.43. The SMILES string of the molecule is COc1ccc(N2C(=O)C(Cc3ccc(Cl)cc3Cl)S/C2=C(/C#N)C(=O)NC(C)c2ccccc2)cc1. The summed E-state index contributed by atoms with van der Waals surface area (Å²) in [5.74, 6) is -0.196. The number of thioether (sulfide) groups is 1. The van der Waals surface area contributed by atoms with Crippen molar-refractivity contribution in [1.82, 2.24) is 5.32 Å². The first-order valence-corrected chi connectivity index (χ1v) is 13.0. The number of nitriles is 1. The molecule has 1 heterocycles. The highest BCUT2D eigenvalue weighted by molar-refractivity contribution is 8.05. The third-order valence-corrected chi connectivity index (χ3v) is 7.75. The van der Waals surface area contributed by atoms with Gasteiger partial charge < -0.3 is 10.1 Å². The van der Waals surface area contributed by atoms with E-state index in [1.54, 1.807) is 49.6 Å². The summed E-state index contributed by atoms with van der Waals surface area (Å²) in [6.45, 7) is 1.84. The third-order valence-electron chi connectivity index (χ3n) is 5.90. The van der Waals surface area contributed by atoms with E-state index in [1.165, 1.54) is 16.7 Å². The van der Waals surface area contributed by atoms with Gasteiger partial charge in [-0.25, -0.2) is 0 Å². The summed E-state index contributed by atoms with van der Waals surface area (Å²) in [6.07, 6.45) is 0.302. The largest absolute Gasteiger partial charge is 0.497 e. The number of nitrogens with zero attached hydrogens (tertiary/aromatic N) is 2. The van der Waals surface area contributed by atoms with Crippen LogP contribution in [0.2, 0.25) is 10.0 Å². The van der Waals surface area contributed by atoms with E-state index in [-0.39, 0.29) is 22.6 Å². The standard InChI is InChI=1S/C28H23Cl2N3O3S/c1-17(18-6-4-3-5-7-18)32-26(34)23(16-31)28-33(21-10-12-22(36-2)13-11-21)27(35)25(37-28)14-19-8-9-20(29)15-24(19)30/h3-13,15,17,25H,14H2,1-2H3,(H,32,34)/b28-23-. The van der Waals surface area contributed by atoms with E-state index >= 15 is 0 Å². The molecular weight excluding hydrogens is 529 g/mol. The topological polar surface area (TPSA) is 82.4 Å². The highest BCUT2D eigenvalue weighted by Gasteiger charge is 2.41. The Balaban J connectivity index is 1.71. The molecule has 1 saturated heterocycles. The number of halogens is 2. The molecule has 0 aromatic heterocycles. The predicted molar refractivity (Wildman–Crippen MR) is 148 cm³/mol. The second-order valence-electron chi connectivity index (χ2n) is 8.32. The Labute approximate surface area is 229 Å². The first kappa shape index (κ1) is 26.6. The fourth-order valence-electron chi connectivity index (χ4n) is 3.93. The van der Waals surface area contributed by atoms with Crippen molar-refractivity contribution in [3.8, 4) is 11.8 Å². The average molecular weight is 552 g/mol. The maximum atomic E-state index is 13.7. The summed E-state index contributed by atoms with van der Waals surface area (Å²) in [6, 6.07) is 23.1. The normalized spacial score (nSPS) is 17.2. The van der Waals surface area contributed by atoms with Crippen LogP contribution in [0, 0.1) is 11.3 Å². The molecule has 2 atom stereocenters. The second-order valence-corrected chi connectivity index (χ2v) is 10.4. The Hall–Kier alpha value is -3.44. The van der Waals surface area contributed by atoms with Gasteiger partial charge in [-0.2, -0.15) is 5.26 Å². The van der Waals surface area contributed by atoms with Gasteiger partial charge in [0.2, 0.25) is 5.91 Å². The van der Waals surface area contributed by atoms with E-state index in [9.17, 15) is 14.9 Å². The molecule has 4 rings (SSSR count). The smallest absolute Gasteiger partial charge is 0.265 e. The van der Waals surface area contributed by atoms with Crippen molar-refractivity contribution in [2.45, 2.75) is 24.6 Å². The van der Waals surface area contributed by atoms with Gasteiger partial charge in [0.05, 0.1) is 18.4 Å². The number of ether oxygens (including phenoxy) is 1. The van der Waals surface area contributed by atoms with E-state index in [2.05, 4.69) is 5.32 Å². The van der Waals surface area contributed by atoms with Gasteiger partial charge >= 0.3 is 0 Å². The second kappa shape index (κ2) is 11.7. The maximum Gasteiger partial charge on any atom is 0.265 e. The Morgan fingerprint density at radius 2 is 1.84 bits per heavy atom. The van der Waals surface area contributed by atoms with Gasteiger partial charge in [0.25, 0.3) is 5.91 Å². The first-order valence-electron chi connectivity index (χ1n) is 11.4. The number of methoxy groups -OCH3 is 1. The van der Waals surface area contributed by atoms with Gasteiger partial charge in [-0.05, 0) is 60.9 Å². The Morgan fingerprint density at radius 1 is 1.14 bits per heavy atom. The molecule has 0 aliphatic carbocycles. The summed E-state index contributed by atoms with van der Waals surface area (Å²) < 4.78 is 5.24. The number of anilines is 1. The quantitative estimate of drug-likeness (QED) is 0.275. The first-order chi connectivity index (χ1) is 17.8. The van der Waals surface area contributed by atoms with Crippen LogP contribution in [0.4, 0.5) is 5.69 Å². The molecule has 0 bridgehead atoms. The molecule has 6 nitrogen and oxygen atoms in total. The monoisotopic (exact) mass is 551 g/mol. The van der Waals surface area contributed by atoms with Gasteiger partial charge in [0.1, 0.15) is 22.4 Å². The zero-order chi connectivity index (χ0) is 26.5. The lowest BCUT2D eigenvalue weighted by atomic mass is 10.1. The Morgan fingerprint density at radius 3 is 2.46 bits per heavy atom. The van der Waals surface area contributed by atoms with Crippen molar-refractivity contribution in [2.75, 3.05) is 12.0 Å². The average Bonchev–Trinajstić information content (AvgIpc) is 3.21. The number of nitrogens with one attached hydrogen (secondary N) is 1. The van der Waals surface area contributed by atoms with Crippen molar-refractivity contribution in [2.24, 2.45) is 0 Å². The fourth-order valence-corrected chi connectivity index (χ4v) is 5.72. The highest BCUT2D eigenvalue weighted by atomic mass is 35.5. The number of carbonyl (C=O) groups is 2. The van der Waals surface area contributed by atoms with Crippen LogP contribution in [-0.2, 0) is 16.0 Å². The van der Waals surface area contributed by atoms with Crippen LogP contribution in [0.25, 0.3) is 0 Å². The van der Waals surface area contributed by atoms with Gasteiger partial charge in [-0.1, -0.05) is 71.4 Å². The van der Waals surface area contributed by atoms with E-state index in [4.69, 9.17) is 27.9 Å². The molecule has 1 N–H and O–H groups in total. The van der Waals surface area contributed by atoms with Crippen LogP contribution < -0.4 is 15.0 Å². The van der Waals surface area contributed by atoms with Gasteiger partial charge in [0, 0.05) is 15.7 Å². The lowest BCUT2D eigenvalue weighted by molar-refractivity contribution is -0.117. The van der Waals surface area contributed by atoms with Crippen LogP contribution in [0.1, 0.15) is 24.1 Å². The molecule has 0 saturated carbocycles. The number of hydrogen-bond acceptors (Lipinski definition) is 5. The summed E-state index contributed by atoms with van der Waals surface area (Å²) in [5.41, 5.74) is 2.03. The number of rotatable bonds is 7. The van der Waals surface area contributed by atoms with Crippen molar-refractivity contribution in [3.05, 3.63) is 105 Å². The molecule has 37 heavy (non-hydrogen) atoms. The van der Waals surface area contributed by atoms with Crippen LogP contribution >= 0.6 is 35.0 Å². The van der Waals surface area contributed by atoms with Crippen molar-refractivity contribution in [3.63, 3.8) is 0 Å². The lowest BCUT2D eigenvalue weighted by Gasteiger charge is -2.20. The van der Waals surface area contributed by atoms with Crippen LogP contribution in [0.3, 0.4) is 0 Å². The molecule has 0 radical (unpaired) electrons. The van der Waals surface area contributed by atoms with Crippen molar-refractivity contribution in [1.29, 1.82) is 5.26 Å². The Bertz CT molecular complexity index is 1390. The summed E-state index contributed by atoms with van der Waals surface area (Å²) >= 11 is 13.6. The fraction of sp³-hybridized carbons (Fsp3) is 0.179. The molecule has 2 amide bonds. The van der Waals surface area contributed by atoms with Crippen molar-refractivity contribution >= 4 is 52.5 Å². The van der Waals surface area contributed by atoms with Crippen LogP contribution in [0.15, 0.2) is 83.4 Å². The zero-order valence-corrected chi connectivity index (χ0v) is 22.4. The van der Waals surface area contributed by atoms with Gasteiger partial charge in [-0.3, -0.25) is 14.5 Å². The predicted octanol–water partition coefficient (Wildman–Crippen LogP) is 6.31. The molecule has 9 heteroatoms. The van der Waals surface area contributed by atoms with Crippen LogP contribution in [0.5, 0.6) is 5.75 Å². The molecule has 3 aromatic rings. The third kappa shape index (κ3) is 5.94. The van der Waals surface area contributed by atoms with E-state index in [1.807, 2.05) is 43.3 Å². The molecule has 3 aromatic carbocycles. The molecule has 1 aliphatic rings. The minimum atomic E-state index is -0.599. The zero-order valence-electron chi connectivity index (χ0n) is 20.1. The molecule has 1 aliphatic heterocycles. The van der Waals surface area contributed by atoms with E-state index < -0.39 is 11.2 Å². The molecular formula is C28H23Cl2N3O3S. The summed E-state index contributed by atoms with van der Waals surface area (Å²) in [5, 5.41) is 13.5. The van der Waals surface area contributed by atoms with E-state index in [0.29, 0.717) is 27.9 Å². The summed E-state index contributed by atoms with van der Waals surface area (Å²) in [4.78, 5) is 28.4. The number of benzene rings is 3. The minimum Gasteiger partial charge on any atom is -0.497 e. The number of carbonyl (C=O) groups excluding carboxylic acids is 2. The molecule has 1 fully saturated rings.